The van der Waals surface area contributed by atoms with Crippen molar-refractivity contribution >= 4 is 0 Å². The van der Waals surface area contributed by atoms with Gasteiger partial charge in [-0.1, -0.05) is 33.8 Å². The van der Waals surface area contributed by atoms with Crippen LogP contribution in [0.15, 0.2) is 18.2 Å². The van der Waals surface area contributed by atoms with E-state index in [9.17, 15) is 0 Å². The Kier molecular flexibility index (Phi) is 6.93. The van der Waals surface area contributed by atoms with Crippen LogP contribution in [0.2, 0.25) is 0 Å². The summed E-state index contributed by atoms with van der Waals surface area (Å²) >= 11 is 0. The molecule has 0 heterocycles. The predicted octanol–water partition coefficient (Wildman–Crippen LogP) is 4.13. The zero-order valence-corrected chi connectivity index (χ0v) is 13.1. The third kappa shape index (κ3) is 6.11. The Morgan fingerprint density at radius 3 is 2.47 bits per heavy atom. The van der Waals surface area contributed by atoms with Crippen molar-refractivity contribution in [1.82, 2.24) is 5.32 Å². The van der Waals surface area contributed by atoms with Crippen molar-refractivity contribution in [1.29, 1.82) is 0 Å². The van der Waals surface area contributed by atoms with Crippen LogP contribution in [0.5, 0.6) is 5.75 Å². The molecule has 1 N–H and O–H groups in total. The summed E-state index contributed by atoms with van der Waals surface area (Å²) in [7, 11) is 0. The Morgan fingerprint density at radius 1 is 1.16 bits per heavy atom. The third-order valence-electron chi connectivity index (χ3n) is 3.18. The number of benzene rings is 1. The summed E-state index contributed by atoms with van der Waals surface area (Å²) in [5, 5.41) is 3.43. The fourth-order valence-corrected chi connectivity index (χ4v) is 2.16. The molecule has 0 bridgehead atoms. The van der Waals surface area contributed by atoms with Crippen molar-refractivity contribution in [3.8, 4) is 5.75 Å². The SMILES string of the molecule is Cc1cc(OCCCNCC(C)C)ccc1C(C)C. The minimum atomic E-state index is 0.578. The maximum Gasteiger partial charge on any atom is 0.119 e. The second kappa shape index (κ2) is 8.21. The van der Waals surface area contributed by atoms with Crippen molar-refractivity contribution in [3.05, 3.63) is 29.3 Å². The van der Waals surface area contributed by atoms with Crippen LogP contribution in [0.25, 0.3) is 0 Å². The van der Waals surface area contributed by atoms with Crippen LogP contribution in [-0.4, -0.2) is 19.7 Å². The van der Waals surface area contributed by atoms with Gasteiger partial charge in [0.15, 0.2) is 0 Å². The average Bonchev–Trinajstić information content (AvgIpc) is 2.32. The van der Waals surface area contributed by atoms with Crippen molar-refractivity contribution in [2.75, 3.05) is 19.7 Å². The van der Waals surface area contributed by atoms with E-state index in [2.05, 4.69) is 58.1 Å². The summed E-state index contributed by atoms with van der Waals surface area (Å²) in [6.07, 6.45) is 1.05. The van der Waals surface area contributed by atoms with Gasteiger partial charge < -0.3 is 10.1 Å². The highest BCUT2D eigenvalue weighted by atomic mass is 16.5. The molecular weight excluding hydrogens is 234 g/mol. The van der Waals surface area contributed by atoms with Gasteiger partial charge in [-0.05, 0) is 61.5 Å². The number of hydrogen-bond donors (Lipinski definition) is 1. The van der Waals surface area contributed by atoms with Crippen LogP contribution in [0.1, 0.15) is 51.2 Å². The highest BCUT2D eigenvalue weighted by Gasteiger charge is 2.04. The summed E-state index contributed by atoms with van der Waals surface area (Å²) in [5.41, 5.74) is 2.73. The van der Waals surface area contributed by atoms with Gasteiger partial charge >= 0.3 is 0 Å². The number of hydrogen-bond acceptors (Lipinski definition) is 2. The fourth-order valence-electron chi connectivity index (χ4n) is 2.16. The highest BCUT2D eigenvalue weighted by molar-refractivity contribution is 5.36. The molecule has 0 amide bonds. The molecular formula is C17H29NO. The summed E-state index contributed by atoms with van der Waals surface area (Å²) < 4.78 is 5.79. The van der Waals surface area contributed by atoms with E-state index in [0.717, 1.165) is 31.9 Å². The first kappa shape index (κ1) is 16.0. The van der Waals surface area contributed by atoms with E-state index >= 15 is 0 Å². The molecule has 0 saturated carbocycles. The first-order valence-electron chi connectivity index (χ1n) is 7.44. The van der Waals surface area contributed by atoms with Crippen molar-refractivity contribution < 1.29 is 4.74 Å². The maximum atomic E-state index is 5.79. The summed E-state index contributed by atoms with van der Waals surface area (Å²) in [6, 6.07) is 6.42. The molecule has 2 heteroatoms. The normalized spacial score (nSPS) is 11.3. The molecule has 0 fully saturated rings. The van der Waals surface area contributed by atoms with E-state index in [-0.39, 0.29) is 0 Å². The van der Waals surface area contributed by atoms with Gasteiger partial charge in [-0.3, -0.25) is 0 Å². The van der Waals surface area contributed by atoms with Crippen LogP contribution in [0, 0.1) is 12.8 Å². The first-order valence-corrected chi connectivity index (χ1v) is 7.44. The van der Waals surface area contributed by atoms with Gasteiger partial charge in [0.05, 0.1) is 6.61 Å². The molecule has 1 aromatic carbocycles. The topological polar surface area (TPSA) is 21.3 Å². The molecule has 0 aliphatic carbocycles. The summed E-state index contributed by atoms with van der Waals surface area (Å²) in [5.74, 6) is 2.28. The Hall–Kier alpha value is -1.02. The van der Waals surface area contributed by atoms with Crippen molar-refractivity contribution in [2.45, 2.75) is 47.0 Å². The number of nitrogens with one attached hydrogen (secondary N) is 1. The number of aryl methyl sites for hydroxylation is 1. The smallest absolute Gasteiger partial charge is 0.119 e. The molecule has 19 heavy (non-hydrogen) atoms. The van der Waals surface area contributed by atoms with Gasteiger partial charge in [-0.25, -0.2) is 0 Å². The molecule has 0 aliphatic rings. The zero-order chi connectivity index (χ0) is 14.3. The van der Waals surface area contributed by atoms with E-state index < -0.39 is 0 Å². The minimum absolute atomic E-state index is 0.578. The first-order chi connectivity index (χ1) is 9.00. The summed E-state index contributed by atoms with van der Waals surface area (Å²) in [6.45, 7) is 14.0. The van der Waals surface area contributed by atoms with E-state index in [1.54, 1.807) is 0 Å². The van der Waals surface area contributed by atoms with E-state index in [0.29, 0.717) is 11.8 Å². The third-order valence-corrected chi connectivity index (χ3v) is 3.18. The van der Waals surface area contributed by atoms with Crippen molar-refractivity contribution in [3.63, 3.8) is 0 Å². The molecule has 0 saturated heterocycles. The standard InChI is InChI=1S/C17H29NO/c1-13(2)12-18-9-6-10-19-16-7-8-17(14(3)4)15(5)11-16/h7-8,11,13-14,18H,6,9-10,12H2,1-5H3. The quantitative estimate of drug-likeness (QED) is 0.712. The van der Waals surface area contributed by atoms with Gasteiger partial charge in [0.2, 0.25) is 0 Å². The molecule has 0 radical (unpaired) electrons. The zero-order valence-electron chi connectivity index (χ0n) is 13.1. The van der Waals surface area contributed by atoms with Crippen LogP contribution in [0.3, 0.4) is 0 Å². The van der Waals surface area contributed by atoms with Gasteiger partial charge in [0, 0.05) is 0 Å². The molecule has 1 aromatic rings. The van der Waals surface area contributed by atoms with Crippen LogP contribution in [0.4, 0.5) is 0 Å². The lowest BCUT2D eigenvalue weighted by Gasteiger charge is -2.13. The monoisotopic (exact) mass is 263 g/mol. The Morgan fingerprint density at radius 2 is 1.89 bits per heavy atom. The molecule has 0 unspecified atom stereocenters. The summed E-state index contributed by atoms with van der Waals surface area (Å²) in [4.78, 5) is 0. The van der Waals surface area contributed by atoms with Crippen LogP contribution >= 0.6 is 0 Å². The predicted molar refractivity (Wildman–Crippen MR) is 83.1 cm³/mol. The Bertz CT molecular complexity index is 372. The van der Waals surface area contributed by atoms with Crippen molar-refractivity contribution in [2.24, 2.45) is 5.92 Å². The molecule has 0 spiro atoms. The largest absolute Gasteiger partial charge is 0.494 e. The van der Waals surface area contributed by atoms with E-state index in [1.807, 2.05) is 0 Å². The number of ether oxygens (including phenoxy) is 1. The lowest BCUT2D eigenvalue weighted by molar-refractivity contribution is 0.306. The molecule has 1 rings (SSSR count). The number of rotatable bonds is 8. The molecule has 2 nitrogen and oxygen atoms in total. The lowest BCUT2D eigenvalue weighted by Crippen LogP contribution is -2.22. The van der Waals surface area contributed by atoms with E-state index in [1.165, 1.54) is 11.1 Å². The highest BCUT2D eigenvalue weighted by Crippen LogP contribution is 2.23. The Labute approximate surface area is 118 Å². The molecule has 0 aromatic heterocycles. The minimum Gasteiger partial charge on any atom is -0.494 e. The van der Waals surface area contributed by atoms with E-state index in [4.69, 9.17) is 4.74 Å². The molecule has 108 valence electrons. The second-order valence-electron chi connectivity index (χ2n) is 5.97. The average molecular weight is 263 g/mol. The van der Waals surface area contributed by atoms with Gasteiger partial charge in [0.1, 0.15) is 5.75 Å². The van der Waals surface area contributed by atoms with Crippen LogP contribution in [-0.2, 0) is 0 Å². The lowest BCUT2D eigenvalue weighted by atomic mass is 9.98. The molecule has 0 atom stereocenters. The second-order valence-corrected chi connectivity index (χ2v) is 5.97. The van der Waals surface area contributed by atoms with Gasteiger partial charge in [-0.15, -0.1) is 0 Å². The molecule has 0 aliphatic heterocycles. The fraction of sp³-hybridized carbons (Fsp3) is 0.647. The maximum absolute atomic E-state index is 5.79. The van der Waals surface area contributed by atoms with Gasteiger partial charge in [-0.2, -0.15) is 0 Å². The Balaban J connectivity index is 2.28. The van der Waals surface area contributed by atoms with Gasteiger partial charge in [0.25, 0.3) is 0 Å². The van der Waals surface area contributed by atoms with Crippen LogP contribution < -0.4 is 10.1 Å².